The highest BCUT2D eigenvalue weighted by Crippen LogP contribution is 2.40. The number of nitrogens with zero attached hydrogens (tertiary/aromatic N) is 1. The number of para-hydroxylation sites is 1. The van der Waals surface area contributed by atoms with Gasteiger partial charge in [-0.25, -0.2) is 18.4 Å². The largest absolute Gasteiger partial charge is 0.478 e. The van der Waals surface area contributed by atoms with Gasteiger partial charge >= 0.3 is 5.97 Å². The molecule has 0 saturated carbocycles. The van der Waals surface area contributed by atoms with Crippen molar-refractivity contribution in [3.63, 3.8) is 0 Å². The summed E-state index contributed by atoms with van der Waals surface area (Å²) in [6.07, 6.45) is 0.689. The first-order valence-electron chi connectivity index (χ1n) is 7.82. The van der Waals surface area contributed by atoms with E-state index in [1.54, 1.807) is 35.2 Å². The number of primary sulfonamides is 1. The molecule has 0 radical (unpaired) electrons. The number of hydrogen-bond acceptors (Lipinski definition) is 5. The second-order valence-corrected chi connectivity index (χ2v) is 8.07. The summed E-state index contributed by atoms with van der Waals surface area (Å²) in [5.74, 6) is -0.859. The van der Waals surface area contributed by atoms with Crippen LogP contribution in [0.25, 0.3) is 0 Å². The molecule has 26 heavy (non-hydrogen) atoms. The van der Waals surface area contributed by atoms with Gasteiger partial charge in [0, 0.05) is 13.1 Å². The van der Waals surface area contributed by atoms with E-state index in [2.05, 4.69) is 0 Å². The van der Waals surface area contributed by atoms with E-state index in [1.165, 1.54) is 6.07 Å². The molecule has 0 bridgehead atoms. The summed E-state index contributed by atoms with van der Waals surface area (Å²) in [5.41, 5.74) is 0.142. The zero-order valence-corrected chi connectivity index (χ0v) is 15.2. The van der Waals surface area contributed by atoms with Crippen molar-refractivity contribution in [2.45, 2.75) is 16.7 Å². The van der Waals surface area contributed by atoms with E-state index in [1.807, 2.05) is 0 Å². The fraction of sp³-hybridized carbons (Fsp3) is 0.235. The van der Waals surface area contributed by atoms with Crippen LogP contribution in [0.15, 0.2) is 47.4 Å². The van der Waals surface area contributed by atoms with Crippen LogP contribution >= 0.6 is 11.6 Å². The molecule has 0 aromatic heterocycles. The van der Waals surface area contributed by atoms with Crippen LogP contribution in [-0.4, -0.2) is 38.0 Å². The van der Waals surface area contributed by atoms with E-state index in [0.717, 1.165) is 6.07 Å². The molecule has 0 amide bonds. The summed E-state index contributed by atoms with van der Waals surface area (Å²) in [6, 6.07) is 11.0. The summed E-state index contributed by atoms with van der Waals surface area (Å²) in [5, 5.41) is 14.6. The fourth-order valence-corrected chi connectivity index (χ4v) is 3.76. The smallest absolute Gasteiger partial charge is 0.335 e. The Morgan fingerprint density at radius 2 is 1.96 bits per heavy atom. The van der Waals surface area contributed by atoms with Gasteiger partial charge in [-0.2, -0.15) is 0 Å². The number of halogens is 1. The third kappa shape index (κ3) is 3.92. The minimum Gasteiger partial charge on any atom is -0.478 e. The summed E-state index contributed by atoms with van der Waals surface area (Å²) in [6.45, 7) is 0.992. The Hall–Kier alpha value is -2.29. The first kappa shape index (κ1) is 18.5. The molecular weight excluding hydrogens is 380 g/mol. The van der Waals surface area contributed by atoms with Crippen molar-refractivity contribution >= 4 is 33.3 Å². The van der Waals surface area contributed by atoms with Crippen LogP contribution < -0.4 is 14.8 Å². The number of carboxylic acids is 1. The van der Waals surface area contributed by atoms with Gasteiger partial charge in [-0.3, -0.25) is 0 Å². The van der Waals surface area contributed by atoms with Crippen LogP contribution in [0, 0.1) is 0 Å². The highest BCUT2D eigenvalue weighted by molar-refractivity contribution is 7.89. The number of alkyl halides is 1. The van der Waals surface area contributed by atoms with Gasteiger partial charge in [-0.15, -0.1) is 11.6 Å². The lowest BCUT2D eigenvalue weighted by atomic mass is 10.1. The molecule has 1 aliphatic heterocycles. The third-order valence-electron chi connectivity index (χ3n) is 4.02. The topological polar surface area (TPSA) is 110 Å². The Morgan fingerprint density at radius 3 is 2.50 bits per heavy atom. The molecule has 1 heterocycles. The minimum atomic E-state index is -4.22. The molecule has 3 rings (SSSR count). The van der Waals surface area contributed by atoms with Crippen molar-refractivity contribution in [3.05, 3.63) is 48.0 Å². The lowest BCUT2D eigenvalue weighted by Crippen LogP contribution is -2.23. The zero-order valence-electron chi connectivity index (χ0n) is 13.6. The number of carbonyl (C=O) groups is 1. The van der Waals surface area contributed by atoms with E-state index in [4.69, 9.17) is 21.5 Å². The van der Waals surface area contributed by atoms with Gasteiger partial charge in [0.2, 0.25) is 10.0 Å². The first-order chi connectivity index (χ1) is 12.3. The Balaban J connectivity index is 2.21. The SMILES string of the molecule is NS(=O)(=O)c1cc(C(=O)O)cc(N2CCC(Cl)C2)c1Oc1ccccc1. The van der Waals surface area contributed by atoms with E-state index in [0.29, 0.717) is 30.9 Å². The zero-order chi connectivity index (χ0) is 18.9. The van der Waals surface area contributed by atoms with Crippen LogP contribution in [0.3, 0.4) is 0 Å². The van der Waals surface area contributed by atoms with Gasteiger partial charge in [0.1, 0.15) is 10.6 Å². The van der Waals surface area contributed by atoms with Crippen molar-refractivity contribution in [1.29, 1.82) is 0 Å². The molecule has 1 saturated heterocycles. The lowest BCUT2D eigenvalue weighted by Gasteiger charge is -2.23. The van der Waals surface area contributed by atoms with Crippen molar-refractivity contribution in [3.8, 4) is 11.5 Å². The van der Waals surface area contributed by atoms with E-state index in [-0.39, 0.29) is 21.6 Å². The van der Waals surface area contributed by atoms with Gasteiger partial charge < -0.3 is 14.7 Å². The number of sulfonamides is 1. The van der Waals surface area contributed by atoms with Crippen molar-refractivity contribution in [2.24, 2.45) is 5.14 Å². The molecule has 1 unspecified atom stereocenters. The number of ether oxygens (including phenoxy) is 1. The Bertz CT molecular complexity index is 934. The molecule has 1 atom stereocenters. The molecule has 1 fully saturated rings. The molecule has 138 valence electrons. The van der Waals surface area contributed by atoms with Crippen LogP contribution in [-0.2, 0) is 10.0 Å². The third-order valence-corrected chi connectivity index (χ3v) is 5.30. The van der Waals surface area contributed by atoms with Crippen LogP contribution in [0.5, 0.6) is 11.5 Å². The van der Waals surface area contributed by atoms with E-state index < -0.39 is 16.0 Å². The van der Waals surface area contributed by atoms with E-state index in [9.17, 15) is 18.3 Å². The summed E-state index contributed by atoms with van der Waals surface area (Å²) < 4.78 is 30.0. The molecule has 0 aliphatic carbocycles. The number of rotatable bonds is 5. The number of hydrogen-bond donors (Lipinski definition) is 2. The van der Waals surface area contributed by atoms with Crippen molar-refractivity contribution in [1.82, 2.24) is 0 Å². The normalized spacial score (nSPS) is 17.3. The number of nitrogens with two attached hydrogens (primary N) is 1. The van der Waals surface area contributed by atoms with Crippen LogP contribution in [0.2, 0.25) is 0 Å². The van der Waals surface area contributed by atoms with Gasteiger partial charge in [-0.1, -0.05) is 18.2 Å². The summed E-state index contributed by atoms with van der Waals surface area (Å²) in [7, 11) is -4.22. The highest BCUT2D eigenvalue weighted by atomic mass is 35.5. The maximum atomic E-state index is 12.1. The average Bonchev–Trinajstić information content (AvgIpc) is 3.01. The van der Waals surface area contributed by atoms with E-state index >= 15 is 0 Å². The van der Waals surface area contributed by atoms with Crippen molar-refractivity contribution in [2.75, 3.05) is 18.0 Å². The van der Waals surface area contributed by atoms with Gasteiger partial charge in [-0.05, 0) is 30.7 Å². The summed E-state index contributed by atoms with van der Waals surface area (Å²) >= 11 is 6.16. The second-order valence-electron chi connectivity index (χ2n) is 5.92. The average molecular weight is 397 g/mol. The monoisotopic (exact) mass is 396 g/mol. The number of anilines is 1. The van der Waals surface area contributed by atoms with Gasteiger partial charge in [0.25, 0.3) is 0 Å². The maximum Gasteiger partial charge on any atom is 0.335 e. The molecule has 3 N–H and O–H groups in total. The molecule has 2 aromatic rings. The Kier molecular flexibility index (Phi) is 5.08. The predicted octanol–water partition coefficient (Wildman–Crippen LogP) is 2.64. The van der Waals surface area contributed by atoms with Crippen LogP contribution in [0.4, 0.5) is 5.69 Å². The Morgan fingerprint density at radius 1 is 1.27 bits per heavy atom. The molecule has 7 nitrogen and oxygen atoms in total. The molecule has 0 spiro atoms. The number of benzene rings is 2. The summed E-state index contributed by atoms with van der Waals surface area (Å²) in [4.78, 5) is 12.9. The fourth-order valence-electron chi connectivity index (χ4n) is 2.80. The lowest BCUT2D eigenvalue weighted by molar-refractivity contribution is 0.0696. The molecule has 9 heteroatoms. The maximum absolute atomic E-state index is 12.1. The predicted molar refractivity (Wildman–Crippen MR) is 97.8 cm³/mol. The second kappa shape index (κ2) is 7.14. The molecule has 2 aromatic carbocycles. The first-order valence-corrected chi connectivity index (χ1v) is 9.80. The molecule has 1 aliphatic rings. The quantitative estimate of drug-likeness (QED) is 0.752. The van der Waals surface area contributed by atoms with Gasteiger partial charge in [0.05, 0.1) is 16.6 Å². The number of carboxylic acid groups (broad SMARTS) is 1. The van der Waals surface area contributed by atoms with Gasteiger partial charge in [0.15, 0.2) is 5.75 Å². The van der Waals surface area contributed by atoms with Crippen molar-refractivity contribution < 1.29 is 23.1 Å². The van der Waals surface area contributed by atoms with Crippen LogP contribution in [0.1, 0.15) is 16.8 Å². The standard InChI is InChI=1S/C17H17ClN2O5S/c18-12-6-7-20(10-12)14-8-11(17(21)22)9-15(26(19,23)24)16(14)25-13-4-2-1-3-5-13/h1-5,8-9,12H,6-7,10H2,(H,21,22)(H2,19,23,24). The number of aromatic carboxylic acids is 1. The Labute approximate surface area is 156 Å². The minimum absolute atomic E-state index is 0.00512. The highest BCUT2D eigenvalue weighted by Gasteiger charge is 2.29. The molecular formula is C17H17ClN2O5S.